The summed E-state index contributed by atoms with van der Waals surface area (Å²) in [7, 11) is 2.43. The lowest BCUT2D eigenvalue weighted by Crippen LogP contribution is -2.24. The Morgan fingerprint density at radius 1 is 0.679 bits per heavy atom. The summed E-state index contributed by atoms with van der Waals surface area (Å²) in [4.78, 5) is 0. The molecule has 0 atom stereocenters. The lowest BCUT2D eigenvalue weighted by atomic mass is 9.65. The van der Waals surface area contributed by atoms with E-state index in [1.807, 2.05) is 18.2 Å². The van der Waals surface area contributed by atoms with Crippen molar-refractivity contribution in [3.8, 4) is 0 Å². The van der Waals surface area contributed by atoms with Crippen LogP contribution in [0, 0.1) is 11.8 Å². The molecule has 0 saturated heterocycles. The number of hydrogen-bond donors (Lipinski definition) is 2. The van der Waals surface area contributed by atoms with Crippen LogP contribution in [-0.4, -0.2) is 7.85 Å². The molecule has 0 bridgehead atoms. The van der Waals surface area contributed by atoms with E-state index in [1.165, 1.54) is 68.1 Å². The summed E-state index contributed by atoms with van der Waals surface area (Å²) in [5.74, 6) is 3.74. The van der Waals surface area contributed by atoms with E-state index in [0.29, 0.717) is 0 Å². The minimum absolute atomic E-state index is 0.746. The first-order valence-corrected chi connectivity index (χ1v) is 11.3. The molecule has 0 unspecified atom stereocenters. The number of rotatable bonds is 4. The molecule has 2 nitrogen and oxygen atoms in total. The lowest BCUT2D eigenvalue weighted by molar-refractivity contribution is 0.186. The van der Waals surface area contributed by atoms with Crippen LogP contribution in [0.25, 0.3) is 0 Å². The van der Waals surface area contributed by atoms with Crippen LogP contribution < -0.4 is 11.5 Å². The Morgan fingerprint density at radius 3 is 1.79 bits per heavy atom. The average Bonchev–Trinajstić information content (AvgIpc) is 2.69. The van der Waals surface area contributed by atoms with E-state index in [9.17, 15) is 0 Å². The second kappa shape index (κ2) is 8.63. The molecule has 2 fully saturated rings. The van der Waals surface area contributed by atoms with Crippen molar-refractivity contribution in [2.45, 2.75) is 69.5 Å². The van der Waals surface area contributed by atoms with Crippen LogP contribution in [0.3, 0.4) is 0 Å². The van der Waals surface area contributed by atoms with Crippen molar-refractivity contribution < 1.29 is 0 Å². The number of benzene rings is 2. The summed E-state index contributed by atoms with van der Waals surface area (Å²) in [6.07, 6.45) is 12.4. The van der Waals surface area contributed by atoms with Gasteiger partial charge in [0.1, 0.15) is 7.85 Å². The minimum atomic E-state index is 0.746. The van der Waals surface area contributed by atoms with Crippen molar-refractivity contribution in [3.05, 3.63) is 59.2 Å². The third-order valence-corrected chi connectivity index (χ3v) is 7.40. The van der Waals surface area contributed by atoms with Gasteiger partial charge < -0.3 is 11.5 Å². The molecule has 0 aliphatic heterocycles. The zero-order valence-corrected chi connectivity index (χ0v) is 17.4. The Kier molecular flexibility index (Phi) is 5.99. The molecule has 148 valence electrons. The highest BCUT2D eigenvalue weighted by atomic mass is 14.6. The fourth-order valence-electron chi connectivity index (χ4n) is 5.67. The van der Waals surface area contributed by atoms with E-state index >= 15 is 0 Å². The van der Waals surface area contributed by atoms with Gasteiger partial charge in [-0.05, 0) is 84.7 Å². The molecule has 0 aromatic heterocycles. The highest BCUT2D eigenvalue weighted by molar-refractivity contribution is 6.11. The van der Waals surface area contributed by atoms with Crippen molar-refractivity contribution >= 4 is 19.2 Å². The van der Waals surface area contributed by atoms with E-state index in [2.05, 4.69) is 32.1 Å². The lowest BCUT2D eigenvalue weighted by Gasteiger charge is -2.37. The summed E-state index contributed by atoms with van der Waals surface area (Å²) in [5, 5.41) is 0. The van der Waals surface area contributed by atoms with E-state index in [-0.39, 0.29) is 0 Å². The first-order chi connectivity index (χ1) is 13.6. The molecule has 0 heterocycles. The Bertz CT molecular complexity index is 749. The van der Waals surface area contributed by atoms with Gasteiger partial charge in [0, 0.05) is 11.4 Å². The fourth-order valence-corrected chi connectivity index (χ4v) is 5.67. The normalized spacial score (nSPS) is 28.1. The number of nitrogens with two attached hydrogens (primary N) is 2. The third kappa shape index (κ3) is 4.74. The predicted octanol–water partition coefficient (Wildman–Crippen LogP) is 5.33. The van der Waals surface area contributed by atoms with Gasteiger partial charge in [-0.2, -0.15) is 0 Å². The fraction of sp³-hybridized carbons (Fsp3) is 0.520. The first-order valence-electron chi connectivity index (χ1n) is 11.3. The SMILES string of the molecule is BC1CCC(C2CCC(c3ccc(Cc4cc(N)cc(N)c4)cc3)CC2)CC1. The maximum Gasteiger partial charge on any atom is 0.105 e. The second-order valence-corrected chi connectivity index (χ2v) is 9.56. The molecule has 3 heteroatoms. The van der Waals surface area contributed by atoms with Crippen LogP contribution >= 0.6 is 0 Å². The Labute approximate surface area is 171 Å². The molecule has 0 radical (unpaired) electrons. The molecule has 2 aliphatic carbocycles. The van der Waals surface area contributed by atoms with Gasteiger partial charge in [0.05, 0.1) is 0 Å². The number of nitrogen functional groups attached to an aromatic ring is 2. The molecule has 4 rings (SSSR count). The predicted molar refractivity (Wildman–Crippen MR) is 123 cm³/mol. The zero-order chi connectivity index (χ0) is 19.5. The minimum Gasteiger partial charge on any atom is -0.399 e. The summed E-state index contributed by atoms with van der Waals surface area (Å²) < 4.78 is 0. The quantitative estimate of drug-likeness (QED) is 0.562. The van der Waals surface area contributed by atoms with Crippen LogP contribution in [0.5, 0.6) is 0 Å². The second-order valence-electron chi connectivity index (χ2n) is 9.56. The van der Waals surface area contributed by atoms with Gasteiger partial charge in [-0.15, -0.1) is 0 Å². The summed E-state index contributed by atoms with van der Waals surface area (Å²) in [5.41, 5.74) is 17.4. The molecular formula is C25H35BN2. The summed E-state index contributed by atoms with van der Waals surface area (Å²) in [6.45, 7) is 0. The van der Waals surface area contributed by atoms with Gasteiger partial charge in [-0.25, -0.2) is 0 Å². The van der Waals surface area contributed by atoms with Crippen molar-refractivity contribution in [2.75, 3.05) is 11.5 Å². The van der Waals surface area contributed by atoms with Gasteiger partial charge >= 0.3 is 0 Å². The van der Waals surface area contributed by atoms with E-state index in [0.717, 1.165) is 41.4 Å². The van der Waals surface area contributed by atoms with Crippen LogP contribution in [-0.2, 0) is 6.42 Å². The number of hydrogen-bond acceptors (Lipinski definition) is 2. The van der Waals surface area contributed by atoms with Crippen molar-refractivity contribution in [1.82, 2.24) is 0 Å². The van der Waals surface area contributed by atoms with E-state index < -0.39 is 0 Å². The molecule has 2 aliphatic rings. The van der Waals surface area contributed by atoms with Crippen molar-refractivity contribution in [3.63, 3.8) is 0 Å². The first kappa shape index (κ1) is 19.4. The van der Waals surface area contributed by atoms with Gasteiger partial charge in [-0.1, -0.05) is 55.8 Å². The molecule has 2 aromatic rings. The smallest absolute Gasteiger partial charge is 0.105 e. The van der Waals surface area contributed by atoms with Crippen molar-refractivity contribution in [2.24, 2.45) is 11.8 Å². The molecule has 0 spiro atoms. The molecule has 4 N–H and O–H groups in total. The highest BCUT2D eigenvalue weighted by Gasteiger charge is 2.30. The monoisotopic (exact) mass is 374 g/mol. The average molecular weight is 374 g/mol. The van der Waals surface area contributed by atoms with Crippen molar-refractivity contribution in [1.29, 1.82) is 0 Å². The maximum absolute atomic E-state index is 5.93. The van der Waals surface area contributed by atoms with Crippen LogP contribution in [0.4, 0.5) is 11.4 Å². The Morgan fingerprint density at radius 2 is 1.21 bits per heavy atom. The topological polar surface area (TPSA) is 52.0 Å². The van der Waals surface area contributed by atoms with Gasteiger partial charge in [0.2, 0.25) is 0 Å². The molecule has 0 amide bonds. The Hall–Kier alpha value is -1.90. The largest absolute Gasteiger partial charge is 0.399 e. The van der Waals surface area contributed by atoms with E-state index in [4.69, 9.17) is 11.5 Å². The summed E-state index contributed by atoms with van der Waals surface area (Å²) >= 11 is 0. The molecular weight excluding hydrogens is 339 g/mol. The zero-order valence-electron chi connectivity index (χ0n) is 17.4. The van der Waals surface area contributed by atoms with E-state index in [1.54, 1.807) is 0 Å². The standard InChI is InChI=1S/C25H35BN2/c26-23-11-9-22(10-12-23)21-7-5-20(6-8-21)19-3-1-17(2-4-19)13-18-14-24(27)16-25(28)15-18/h1-4,14-16,20-23H,5-13,26-28H2. The number of anilines is 2. The molecule has 2 aromatic carbocycles. The summed E-state index contributed by atoms with van der Waals surface area (Å²) in [6, 6.07) is 15.2. The van der Waals surface area contributed by atoms with Gasteiger partial charge in [-0.3, -0.25) is 0 Å². The van der Waals surface area contributed by atoms with Gasteiger partial charge in [0.15, 0.2) is 0 Å². The Balaban J connectivity index is 1.32. The molecule has 28 heavy (non-hydrogen) atoms. The van der Waals surface area contributed by atoms with Crippen LogP contribution in [0.2, 0.25) is 5.82 Å². The van der Waals surface area contributed by atoms with Crippen LogP contribution in [0.1, 0.15) is 74.0 Å². The molecule has 2 saturated carbocycles. The van der Waals surface area contributed by atoms with Gasteiger partial charge in [0.25, 0.3) is 0 Å². The highest BCUT2D eigenvalue weighted by Crippen LogP contribution is 2.44. The third-order valence-electron chi connectivity index (χ3n) is 7.40. The maximum atomic E-state index is 5.93. The van der Waals surface area contributed by atoms with Crippen LogP contribution in [0.15, 0.2) is 42.5 Å².